The van der Waals surface area contributed by atoms with E-state index in [1.54, 1.807) is 36.8 Å². The van der Waals surface area contributed by atoms with Gasteiger partial charge in [0.1, 0.15) is 0 Å². The Hall–Kier alpha value is -2.97. The maximum atomic E-state index is 12.5. The van der Waals surface area contributed by atoms with E-state index in [4.69, 9.17) is 0 Å². The molecule has 2 aromatic heterocycles. The quantitative estimate of drug-likeness (QED) is 0.584. The van der Waals surface area contributed by atoms with Gasteiger partial charge >= 0.3 is 0 Å². The van der Waals surface area contributed by atoms with E-state index in [0.29, 0.717) is 30.8 Å². The zero-order valence-corrected chi connectivity index (χ0v) is 17.5. The van der Waals surface area contributed by atoms with E-state index >= 15 is 0 Å². The summed E-state index contributed by atoms with van der Waals surface area (Å²) in [6, 6.07) is 9.24. The number of rotatable bonds is 8. The first-order valence-electron chi connectivity index (χ1n) is 10.1. The van der Waals surface area contributed by atoms with Crippen molar-refractivity contribution in [2.45, 2.75) is 25.9 Å². The molecule has 0 saturated carbocycles. The van der Waals surface area contributed by atoms with Gasteiger partial charge in [0.2, 0.25) is 5.91 Å². The van der Waals surface area contributed by atoms with Crippen molar-refractivity contribution in [3.8, 4) is 0 Å². The van der Waals surface area contributed by atoms with Crippen molar-refractivity contribution in [1.29, 1.82) is 0 Å². The molecule has 156 valence electrons. The molecule has 0 fully saturated rings. The van der Waals surface area contributed by atoms with Crippen LogP contribution in [-0.2, 0) is 24.3 Å². The van der Waals surface area contributed by atoms with Crippen LogP contribution in [0.4, 0.5) is 5.69 Å². The number of aryl methyl sites for hydroxylation is 1. The lowest BCUT2D eigenvalue weighted by atomic mass is 10.1. The number of nitrogens with one attached hydrogen (secondary N) is 2. The number of amides is 2. The number of fused-ring (bicyclic) bond motifs is 1. The van der Waals surface area contributed by atoms with E-state index in [1.165, 1.54) is 10.4 Å². The molecule has 0 spiro atoms. The molecule has 0 unspecified atom stereocenters. The highest BCUT2D eigenvalue weighted by Crippen LogP contribution is 2.23. The smallest absolute Gasteiger partial charge is 0.251 e. The molecule has 3 heterocycles. The second kappa shape index (κ2) is 9.69. The average molecular weight is 424 g/mol. The van der Waals surface area contributed by atoms with E-state index in [9.17, 15) is 9.59 Å². The molecular formula is C22H25N5O2S. The molecule has 0 aliphatic carbocycles. The van der Waals surface area contributed by atoms with Gasteiger partial charge < -0.3 is 15.2 Å². The second-order valence-corrected chi connectivity index (χ2v) is 8.33. The molecule has 2 amide bonds. The van der Waals surface area contributed by atoms with Gasteiger partial charge in [0.25, 0.3) is 5.91 Å². The molecule has 1 aliphatic heterocycles. The Morgan fingerprint density at radius 1 is 1.20 bits per heavy atom. The van der Waals surface area contributed by atoms with Crippen molar-refractivity contribution >= 4 is 28.8 Å². The molecular weight excluding hydrogens is 398 g/mol. The van der Waals surface area contributed by atoms with Gasteiger partial charge in [0.05, 0.1) is 6.33 Å². The maximum absolute atomic E-state index is 12.5. The van der Waals surface area contributed by atoms with Gasteiger partial charge in [0, 0.05) is 67.7 Å². The molecule has 1 aliphatic rings. The number of nitrogens with zero attached hydrogens (tertiary/aromatic N) is 3. The Balaban J connectivity index is 1.23. The normalized spacial score (nSPS) is 13.6. The van der Waals surface area contributed by atoms with Gasteiger partial charge in [-0.05, 0) is 41.6 Å². The Labute approximate surface area is 179 Å². The van der Waals surface area contributed by atoms with Crippen molar-refractivity contribution < 1.29 is 9.59 Å². The lowest BCUT2D eigenvalue weighted by Gasteiger charge is -2.26. The largest absolute Gasteiger partial charge is 0.351 e. The summed E-state index contributed by atoms with van der Waals surface area (Å²) in [6.45, 7) is 3.97. The fourth-order valence-corrected chi connectivity index (χ4v) is 4.43. The monoisotopic (exact) mass is 423 g/mol. The van der Waals surface area contributed by atoms with Crippen LogP contribution >= 0.6 is 11.3 Å². The van der Waals surface area contributed by atoms with Gasteiger partial charge in [-0.3, -0.25) is 14.5 Å². The van der Waals surface area contributed by atoms with Crippen molar-refractivity contribution in [2.24, 2.45) is 0 Å². The van der Waals surface area contributed by atoms with E-state index in [-0.39, 0.29) is 11.8 Å². The number of thiophene rings is 1. The van der Waals surface area contributed by atoms with E-state index in [0.717, 1.165) is 26.1 Å². The van der Waals surface area contributed by atoms with Crippen LogP contribution in [-0.4, -0.2) is 45.9 Å². The van der Waals surface area contributed by atoms with E-state index in [1.807, 2.05) is 22.1 Å². The molecule has 8 heteroatoms. The lowest BCUT2D eigenvalue weighted by Crippen LogP contribution is -2.37. The van der Waals surface area contributed by atoms with Crippen molar-refractivity contribution in [3.63, 3.8) is 0 Å². The van der Waals surface area contributed by atoms with Crippen LogP contribution in [0.1, 0.15) is 27.2 Å². The SMILES string of the molecule is O=C(CCn1ccnc1)Nc1cccc(C(=O)NCCN2CCc3sccc3C2)c1. The number of carbonyl (C=O) groups is 2. The molecule has 3 aromatic rings. The number of hydrogen-bond acceptors (Lipinski definition) is 5. The van der Waals surface area contributed by atoms with Crippen molar-refractivity contribution in [2.75, 3.05) is 25.0 Å². The molecule has 7 nitrogen and oxygen atoms in total. The van der Waals surface area contributed by atoms with Crippen LogP contribution in [0.3, 0.4) is 0 Å². The minimum Gasteiger partial charge on any atom is -0.351 e. The highest BCUT2D eigenvalue weighted by atomic mass is 32.1. The molecule has 0 bridgehead atoms. The minimum absolute atomic E-state index is 0.0980. The zero-order valence-electron chi connectivity index (χ0n) is 16.7. The van der Waals surface area contributed by atoms with Gasteiger partial charge in [-0.15, -0.1) is 11.3 Å². The third kappa shape index (κ3) is 5.34. The number of imidazole rings is 1. The predicted octanol–water partition coefficient (Wildman–Crippen LogP) is 2.76. The van der Waals surface area contributed by atoms with Crippen LogP contribution in [0, 0.1) is 0 Å². The summed E-state index contributed by atoms with van der Waals surface area (Å²) >= 11 is 1.83. The first-order chi connectivity index (χ1) is 14.7. The summed E-state index contributed by atoms with van der Waals surface area (Å²) in [4.78, 5) is 32.5. The average Bonchev–Trinajstić information content (AvgIpc) is 3.44. The van der Waals surface area contributed by atoms with Crippen LogP contribution in [0.15, 0.2) is 54.4 Å². The fourth-order valence-electron chi connectivity index (χ4n) is 3.54. The van der Waals surface area contributed by atoms with Crippen molar-refractivity contribution in [1.82, 2.24) is 19.8 Å². The Bertz CT molecular complexity index is 999. The molecule has 30 heavy (non-hydrogen) atoms. The fraction of sp³-hybridized carbons (Fsp3) is 0.318. The number of benzene rings is 1. The zero-order chi connectivity index (χ0) is 20.8. The first-order valence-corrected chi connectivity index (χ1v) is 11.0. The lowest BCUT2D eigenvalue weighted by molar-refractivity contribution is -0.116. The van der Waals surface area contributed by atoms with Gasteiger partial charge in [-0.25, -0.2) is 4.98 Å². The van der Waals surface area contributed by atoms with Crippen molar-refractivity contribution in [3.05, 3.63) is 70.4 Å². The molecule has 0 saturated heterocycles. The van der Waals surface area contributed by atoms with Gasteiger partial charge in [0.15, 0.2) is 0 Å². The van der Waals surface area contributed by atoms with Gasteiger partial charge in [-0.1, -0.05) is 6.07 Å². The number of anilines is 1. The second-order valence-electron chi connectivity index (χ2n) is 7.33. The third-order valence-electron chi connectivity index (χ3n) is 5.17. The Morgan fingerprint density at radius 3 is 3.00 bits per heavy atom. The number of carbonyl (C=O) groups excluding carboxylic acids is 2. The topological polar surface area (TPSA) is 79.3 Å². The minimum atomic E-state index is -0.127. The summed E-state index contributed by atoms with van der Waals surface area (Å²) in [6.07, 6.45) is 6.62. The Morgan fingerprint density at radius 2 is 2.13 bits per heavy atom. The Kier molecular flexibility index (Phi) is 6.56. The van der Waals surface area contributed by atoms with Gasteiger partial charge in [-0.2, -0.15) is 0 Å². The maximum Gasteiger partial charge on any atom is 0.251 e. The van der Waals surface area contributed by atoms with Crippen LogP contribution in [0.25, 0.3) is 0 Å². The highest BCUT2D eigenvalue weighted by molar-refractivity contribution is 7.10. The summed E-state index contributed by atoms with van der Waals surface area (Å²) in [5.74, 6) is -0.225. The highest BCUT2D eigenvalue weighted by Gasteiger charge is 2.17. The summed E-state index contributed by atoms with van der Waals surface area (Å²) in [5.41, 5.74) is 2.58. The van der Waals surface area contributed by atoms with Crippen LogP contribution in [0.5, 0.6) is 0 Å². The van der Waals surface area contributed by atoms with E-state index < -0.39 is 0 Å². The molecule has 1 aromatic carbocycles. The summed E-state index contributed by atoms with van der Waals surface area (Å²) < 4.78 is 1.85. The summed E-state index contributed by atoms with van der Waals surface area (Å²) in [7, 11) is 0. The van der Waals surface area contributed by atoms with E-state index in [2.05, 4.69) is 32.0 Å². The number of hydrogen-bond donors (Lipinski definition) is 2. The predicted molar refractivity (Wildman–Crippen MR) is 118 cm³/mol. The van der Waals surface area contributed by atoms with Crippen LogP contribution in [0.2, 0.25) is 0 Å². The van der Waals surface area contributed by atoms with Crippen LogP contribution < -0.4 is 10.6 Å². The number of aromatic nitrogens is 2. The molecule has 0 atom stereocenters. The third-order valence-corrected chi connectivity index (χ3v) is 6.19. The molecule has 2 N–H and O–H groups in total. The first kappa shape index (κ1) is 20.3. The standard InChI is InChI=1S/C22H25N5O2S/c28-21(5-10-27-11-7-23-16-27)25-19-3-1-2-17(14-19)22(29)24-8-12-26-9-4-20-18(15-26)6-13-30-20/h1-3,6-7,11,13-14,16H,4-5,8-10,12,15H2,(H,24,29)(H,25,28). The molecule has 0 radical (unpaired) electrons. The summed E-state index contributed by atoms with van der Waals surface area (Å²) in [5, 5.41) is 7.99. The molecule has 4 rings (SSSR count).